The fraction of sp³-hybridized carbons (Fsp3) is 0.900. The molecule has 0 aliphatic carbocycles. The lowest BCUT2D eigenvalue weighted by Gasteiger charge is -2.31. The summed E-state index contributed by atoms with van der Waals surface area (Å²) in [6, 6.07) is 0.0778. The van der Waals surface area contributed by atoms with Crippen molar-refractivity contribution in [2.45, 2.75) is 32.2 Å². The van der Waals surface area contributed by atoms with E-state index in [1.807, 2.05) is 0 Å². The van der Waals surface area contributed by atoms with Gasteiger partial charge in [-0.05, 0) is 19.8 Å². The topological polar surface area (TPSA) is 66.5 Å². The predicted molar refractivity (Wildman–Crippen MR) is 67.5 cm³/mol. The molecule has 1 aliphatic heterocycles. The number of hydrogen-bond acceptors (Lipinski definition) is 3. The summed E-state index contributed by atoms with van der Waals surface area (Å²) in [6.45, 7) is 2.62. The molecular weight excluding hydrogens is 264 g/mol. The highest BCUT2D eigenvalue weighted by Gasteiger charge is 2.27. The zero-order valence-electron chi connectivity index (χ0n) is 9.99. The van der Waals surface area contributed by atoms with Crippen molar-refractivity contribution in [3.8, 4) is 0 Å². The van der Waals surface area contributed by atoms with Gasteiger partial charge in [0.05, 0.1) is 5.75 Å². The highest BCUT2D eigenvalue weighted by atomic mass is 35.5. The van der Waals surface area contributed by atoms with Crippen molar-refractivity contribution in [2.75, 3.05) is 24.7 Å². The maximum absolute atomic E-state index is 11.6. The first-order valence-corrected chi connectivity index (χ1v) is 7.97. The number of hydrogen-bond donors (Lipinski definition) is 1. The van der Waals surface area contributed by atoms with Crippen LogP contribution in [0.3, 0.4) is 0 Å². The molecule has 0 saturated carbocycles. The molecular formula is C10H19ClN2O3S. The average Bonchev–Trinajstić information content (AvgIpc) is 2.30. The number of carbonyl (C=O) groups excluding carboxylic acids is 1. The number of halogens is 1. The van der Waals surface area contributed by atoms with Crippen LogP contribution in [-0.2, 0) is 14.8 Å². The molecule has 1 N–H and O–H groups in total. The Balaban J connectivity index is 2.38. The van der Waals surface area contributed by atoms with E-state index < -0.39 is 10.0 Å². The van der Waals surface area contributed by atoms with Crippen LogP contribution in [0.4, 0.5) is 0 Å². The second-order valence-corrected chi connectivity index (χ2v) is 6.72. The summed E-state index contributed by atoms with van der Waals surface area (Å²) in [6.07, 6.45) is 1.66. The summed E-state index contributed by atoms with van der Waals surface area (Å²) in [7, 11) is -3.08. The van der Waals surface area contributed by atoms with Crippen LogP contribution in [0.2, 0.25) is 0 Å². The van der Waals surface area contributed by atoms with Crippen molar-refractivity contribution >= 4 is 27.5 Å². The third-order valence-corrected chi connectivity index (χ3v) is 4.97. The number of alkyl halides is 1. The van der Waals surface area contributed by atoms with Crippen LogP contribution in [0.1, 0.15) is 26.2 Å². The first kappa shape index (κ1) is 14.7. The minimum absolute atomic E-state index is 0.0585. The molecule has 1 saturated heterocycles. The summed E-state index contributed by atoms with van der Waals surface area (Å²) in [5, 5.41) is 2.86. The van der Waals surface area contributed by atoms with Gasteiger partial charge in [-0.15, -0.1) is 11.6 Å². The third kappa shape index (κ3) is 4.44. The van der Waals surface area contributed by atoms with E-state index >= 15 is 0 Å². The van der Waals surface area contributed by atoms with Gasteiger partial charge in [0, 0.05) is 31.4 Å². The largest absolute Gasteiger partial charge is 0.353 e. The number of carbonyl (C=O) groups is 1. The van der Waals surface area contributed by atoms with Crippen LogP contribution in [0.15, 0.2) is 0 Å². The molecule has 17 heavy (non-hydrogen) atoms. The Morgan fingerprint density at radius 3 is 2.47 bits per heavy atom. The molecule has 0 aromatic carbocycles. The third-order valence-electron chi connectivity index (χ3n) is 2.90. The van der Waals surface area contributed by atoms with Gasteiger partial charge < -0.3 is 5.32 Å². The van der Waals surface area contributed by atoms with E-state index in [9.17, 15) is 13.2 Å². The highest BCUT2D eigenvalue weighted by molar-refractivity contribution is 7.89. The summed E-state index contributed by atoms with van der Waals surface area (Å²) in [5.41, 5.74) is 0. The SMILES string of the molecule is CCS(=O)(=O)N1CCC(NC(=O)CCCl)CC1. The minimum Gasteiger partial charge on any atom is -0.353 e. The molecule has 0 radical (unpaired) electrons. The van der Waals surface area contributed by atoms with E-state index in [0.717, 1.165) is 0 Å². The zero-order valence-corrected chi connectivity index (χ0v) is 11.6. The van der Waals surface area contributed by atoms with E-state index in [-0.39, 0.29) is 17.7 Å². The number of amides is 1. The maximum Gasteiger partial charge on any atom is 0.221 e. The normalized spacial score (nSPS) is 19.2. The smallest absolute Gasteiger partial charge is 0.221 e. The van der Waals surface area contributed by atoms with Gasteiger partial charge in [-0.2, -0.15) is 0 Å². The Bertz CT molecular complexity index is 351. The molecule has 0 spiro atoms. The van der Waals surface area contributed by atoms with Crippen LogP contribution in [0.25, 0.3) is 0 Å². The molecule has 100 valence electrons. The van der Waals surface area contributed by atoms with Gasteiger partial charge in [0.15, 0.2) is 0 Å². The molecule has 1 aliphatic rings. The zero-order chi connectivity index (χ0) is 12.9. The van der Waals surface area contributed by atoms with Crippen LogP contribution < -0.4 is 5.32 Å². The van der Waals surface area contributed by atoms with Crippen LogP contribution in [0, 0.1) is 0 Å². The first-order chi connectivity index (χ1) is 7.99. The van der Waals surface area contributed by atoms with Gasteiger partial charge in [0.2, 0.25) is 15.9 Å². The quantitative estimate of drug-likeness (QED) is 0.749. The average molecular weight is 283 g/mol. The fourth-order valence-electron chi connectivity index (χ4n) is 1.85. The minimum atomic E-state index is -3.08. The first-order valence-electron chi connectivity index (χ1n) is 5.82. The lowest BCUT2D eigenvalue weighted by atomic mass is 10.1. The Morgan fingerprint density at radius 2 is 2.00 bits per heavy atom. The summed E-state index contributed by atoms with van der Waals surface area (Å²) in [5.74, 6) is 0.391. The van der Waals surface area contributed by atoms with E-state index in [0.29, 0.717) is 38.2 Å². The molecule has 0 unspecified atom stereocenters. The predicted octanol–water partition coefficient (Wildman–Crippen LogP) is 0.546. The highest BCUT2D eigenvalue weighted by Crippen LogP contribution is 2.14. The van der Waals surface area contributed by atoms with E-state index in [2.05, 4.69) is 5.32 Å². The lowest BCUT2D eigenvalue weighted by Crippen LogP contribution is -2.46. The standard InChI is InChI=1S/C10H19ClN2O3S/c1-2-17(15,16)13-7-4-9(5-8-13)12-10(14)3-6-11/h9H,2-8H2,1H3,(H,12,14). The number of sulfonamides is 1. The molecule has 0 aromatic rings. The Hall–Kier alpha value is -0.330. The Morgan fingerprint density at radius 1 is 1.41 bits per heavy atom. The summed E-state index contributed by atoms with van der Waals surface area (Å²) in [4.78, 5) is 11.3. The van der Waals surface area contributed by atoms with Crippen molar-refractivity contribution in [1.82, 2.24) is 9.62 Å². The van der Waals surface area contributed by atoms with Crippen molar-refractivity contribution in [2.24, 2.45) is 0 Å². The lowest BCUT2D eigenvalue weighted by molar-refractivity contribution is -0.121. The molecule has 0 aromatic heterocycles. The van der Waals surface area contributed by atoms with Crippen molar-refractivity contribution < 1.29 is 13.2 Å². The van der Waals surface area contributed by atoms with Crippen molar-refractivity contribution in [1.29, 1.82) is 0 Å². The molecule has 1 fully saturated rings. The van der Waals surface area contributed by atoms with Crippen molar-refractivity contribution in [3.05, 3.63) is 0 Å². The molecule has 0 bridgehead atoms. The van der Waals surface area contributed by atoms with E-state index in [1.54, 1.807) is 6.92 Å². The van der Waals surface area contributed by atoms with Crippen LogP contribution in [-0.4, -0.2) is 49.4 Å². The Labute approximate surface area is 108 Å². The second kappa shape index (κ2) is 6.56. The summed E-state index contributed by atoms with van der Waals surface area (Å²) >= 11 is 5.47. The van der Waals surface area contributed by atoms with Crippen LogP contribution in [0.5, 0.6) is 0 Å². The molecule has 0 atom stereocenters. The summed E-state index contributed by atoms with van der Waals surface area (Å²) < 4.78 is 24.7. The fourth-order valence-corrected chi connectivity index (χ4v) is 3.15. The molecule has 1 heterocycles. The number of piperidine rings is 1. The van der Waals surface area contributed by atoms with Gasteiger partial charge in [-0.25, -0.2) is 12.7 Å². The van der Waals surface area contributed by atoms with Gasteiger partial charge in [0.1, 0.15) is 0 Å². The van der Waals surface area contributed by atoms with E-state index in [1.165, 1.54) is 4.31 Å². The molecule has 5 nitrogen and oxygen atoms in total. The number of nitrogens with one attached hydrogen (secondary N) is 1. The van der Waals surface area contributed by atoms with Gasteiger partial charge >= 0.3 is 0 Å². The van der Waals surface area contributed by atoms with Crippen molar-refractivity contribution in [3.63, 3.8) is 0 Å². The molecule has 7 heteroatoms. The van der Waals surface area contributed by atoms with E-state index in [4.69, 9.17) is 11.6 Å². The molecule has 1 rings (SSSR count). The monoisotopic (exact) mass is 282 g/mol. The second-order valence-electron chi connectivity index (χ2n) is 4.08. The van der Waals surface area contributed by atoms with Crippen LogP contribution >= 0.6 is 11.6 Å². The number of nitrogens with zero attached hydrogens (tertiary/aromatic N) is 1. The van der Waals surface area contributed by atoms with Gasteiger partial charge in [-0.3, -0.25) is 4.79 Å². The molecule has 1 amide bonds. The van der Waals surface area contributed by atoms with Gasteiger partial charge in [-0.1, -0.05) is 0 Å². The number of rotatable bonds is 5. The van der Waals surface area contributed by atoms with Gasteiger partial charge in [0.25, 0.3) is 0 Å². The Kier molecular flexibility index (Phi) is 5.69. The maximum atomic E-state index is 11.6.